The molecule has 1 heterocycles. The molecule has 1 N–H and O–H groups in total. The Balaban J connectivity index is 2.40. The third kappa shape index (κ3) is 2.04. The molecule has 2 aromatic rings. The van der Waals surface area contributed by atoms with Crippen molar-refractivity contribution in [1.82, 2.24) is 15.1 Å². The molecule has 1 aromatic carbocycles. The fourth-order valence-electron chi connectivity index (χ4n) is 1.62. The Morgan fingerprint density at radius 1 is 1.31 bits per heavy atom. The molecule has 0 amide bonds. The molecule has 16 heavy (non-hydrogen) atoms. The number of aromatic amines is 1. The van der Waals surface area contributed by atoms with Crippen molar-refractivity contribution in [1.29, 1.82) is 0 Å². The Bertz CT molecular complexity index is 505. The number of rotatable bonds is 3. The number of H-pyrrole nitrogens is 1. The van der Waals surface area contributed by atoms with Crippen molar-refractivity contribution >= 4 is 10.9 Å². The van der Waals surface area contributed by atoms with Crippen molar-refractivity contribution in [2.75, 3.05) is 20.6 Å². The zero-order valence-corrected chi connectivity index (χ0v) is 9.22. The lowest BCUT2D eigenvalue weighted by Gasteiger charge is -2.07. The van der Waals surface area contributed by atoms with Gasteiger partial charge in [0.2, 0.25) is 0 Å². The minimum Gasteiger partial charge on any atom is -0.309 e. The molecule has 2 rings (SSSR count). The van der Waals surface area contributed by atoms with Gasteiger partial charge < -0.3 is 4.90 Å². The van der Waals surface area contributed by atoms with Crippen LogP contribution in [0.25, 0.3) is 10.9 Å². The second kappa shape index (κ2) is 4.17. The van der Waals surface area contributed by atoms with E-state index in [4.69, 9.17) is 0 Å². The smallest absolute Gasteiger partial charge is 0.154 e. The number of hydrogen-bond donors (Lipinski definition) is 1. The summed E-state index contributed by atoms with van der Waals surface area (Å²) >= 11 is 0. The van der Waals surface area contributed by atoms with E-state index >= 15 is 0 Å². The summed E-state index contributed by atoms with van der Waals surface area (Å²) < 4.78 is 26.4. The number of aromatic nitrogens is 2. The van der Waals surface area contributed by atoms with Gasteiger partial charge in [-0.2, -0.15) is 5.10 Å². The molecular formula is C11H13F2N3. The number of nitrogens with one attached hydrogen (secondary N) is 1. The minimum absolute atomic E-state index is 0.204. The molecule has 0 aliphatic heterocycles. The van der Waals surface area contributed by atoms with Gasteiger partial charge in [0.25, 0.3) is 0 Å². The SMILES string of the molecule is CN(C)CCc1[nH]nc2c(F)cc(F)cc12. The quantitative estimate of drug-likeness (QED) is 0.865. The van der Waals surface area contributed by atoms with Crippen LogP contribution in [0.2, 0.25) is 0 Å². The van der Waals surface area contributed by atoms with Crippen molar-refractivity contribution < 1.29 is 8.78 Å². The van der Waals surface area contributed by atoms with Crippen LogP contribution in [0.15, 0.2) is 12.1 Å². The third-order valence-corrected chi connectivity index (χ3v) is 2.46. The van der Waals surface area contributed by atoms with E-state index in [2.05, 4.69) is 10.2 Å². The molecular weight excluding hydrogens is 212 g/mol. The van der Waals surface area contributed by atoms with Crippen LogP contribution in [-0.4, -0.2) is 35.7 Å². The van der Waals surface area contributed by atoms with E-state index in [1.807, 2.05) is 19.0 Å². The fraction of sp³-hybridized carbons (Fsp3) is 0.364. The molecule has 0 bridgehead atoms. The molecule has 0 atom stereocenters. The van der Waals surface area contributed by atoms with Crippen LogP contribution in [-0.2, 0) is 6.42 Å². The average Bonchev–Trinajstić information content (AvgIpc) is 2.58. The average molecular weight is 225 g/mol. The summed E-state index contributed by atoms with van der Waals surface area (Å²) in [7, 11) is 3.89. The van der Waals surface area contributed by atoms with Gasteiger partial charge in [0, 0.05) is 30.1 Å². The Labute approximate surface area is 92.1 Å². The predicted octanol–water partition coefficient (Wildman–Crippen LogP) is 1.95. The molecule has 0 unspecified atom stereocenters. The summed E-state index contributed by atoms with van der Waals surface area (Å²) in [5, 5.41) is 7.13. The second-order valence-electron chi connectivity index (χ2n) is 4.04. The van der Waals surface area contributed by atoms with Gasteiger partial charge in [-0.1, -0.05) is 0 Å². The highest BCUT2D eigenvalue weighted by Crippen LogP contribution is 2.20. The molecule has 0 radical (unpaired) electrons. The van der Waals surface area contributed by atoms with Gasteiger partial charge in [-0.05, 0) is 20.2 Å². The van der Waals surface area contributed by atoms with Crippen LogP contribution in [0.4, 0.5) is 8.78 Å². The number of fused-ring (bicyclic) bond motifs is 1. The molecule has 3 nitrogen and oxygen atoms in total. The number of likely N-dealkylation sites (N-methyl/N-ethyl adjacent to an activating group) is 1. The predicted molar refractivity (Wildman–Crippen MR) is 58.3 cm³/mol. The van der Waals surface area contributed by atoms with E-state index in [1.54, 1.807) is 0 Å². The molecule has 0 saturated carbocycles. The van der Waals surface area contributed by atoms with Crippen molar-refractivity contribution in [3.8, 4) is 0 Å². The van der Waals surface area contributed by atoms with Crippen LogP contribution in [0.5, 0.6) is 0 Å². The van der Waals surface area contributed by atoms with E-state index in [0.29, 0.717) is 11.8 Å². The molecule has 0 saturated heterocycles. The van der Waals surface area contributed by atoms with E-state index < -0.39 is 11.6 Å². The lowest BCUT2D eigenvalue weighted by atomic mass is 10.1. The second-order valence-corrected chi connectivity index (χ2v) is 4.04. The van der Waals surface area contributed by atoms with Crippen LogP contribution >= 0.6 is 0 Å². The normalized spacial score (nSPS) is 11.6. The van der Waals surface area contributed by atoms with Gasteiger partial charge in [0.05, 0.1) is 0 Å². The Kier molecular flexibility index (Phi) is 2.87. The van der Waals surface area contributed by atoms with Crippen LogP contribution < -0.4 is 0 Å². The van der Waals surface area contributed by atoms with E-state index in [9.17, 15) is 8.78 Å². The van der Waals surface area contributed by atoms with Gasteiger partial charge in [0.15, 0.2) is 5.82 Å². The summed E-state index contributed by atoms with van der Waals surface area (Å²) in [6.07, 6.45) is 0.687. The molecule has 0 spiro atoms. The Hall–Kier alpha value is -1.49. The highest BCUT2D eigenvalue weighted by Gasteiger charge is 2.11. The highest BCUT2D eigenvalue weighted by atomic mass is 19.1. The highest BCUT2D eigenvalue weighted by molar-refractivity contribution is 5.81. The monoisotopic (exact) mass is 225 g/mol. The van der Waals surface area contributed by atoms with Crippen LogP contribution in [0.3, 0.4) is 0 Å². The third-order valence-electron chi connectivity index (χ3n) is 2.46. The number of benzene rings is 1. The van der Waals surface area contributed by atoms with Crippen molar-refractivity contribution in [3.05, 3.63) is 29.5 Å². The van der Waals surface area contributed by atoms with Crippen LogP contribution in [0.1, 0.15) is 5.69 Å². The molecule has 0 fully saturated rings. The molecule has 86 valence electrons. The fourth-order valence-corrected chi connectivity index (χ4v) is 1.62. The van der Waals surface area contributed by atoms with Gasteiger partial charge in [-0.25, -0.2) is 8.78 Å². The summed E-state index contributed by atoms with van der Waals surface area (Å²) in [5.74, 6) is -1.19. The summed E-state index contributed by atoms with van der Waals surface area (Å²) in [6, 6.07) is 2.16. The summed E-state index contributed by atoms with van der Waals surface area (Å²) in [6.45, 7) is 0.801. The maximum Gasteiger partial charge on any atom is 0.154 e. The van der Waals surface area contributed by atoms with Crippen molar-refractivity contribution in [2.24, 2.45) is 0 Å². The van der Waals surface area contributed by atoms with E-state index in [0.717, 1.165) is 18.3 Å². The standard InChI is InChI=1S/C11H13F2N3/c1-16(2)4-3-10-8-5-7(12)6-9(13)11(8)15-14-10/h5-6H,3-4H2,1-2H3,(H,14,15). The Morgan fingerprint density at radius 2 is 2.06 bits per heavy atom. The van der Waals surface area contributed by atoms with Gasteiger partial charge in [-0.3, -0.25) is 5.10 Å². The molecule has 1 aromatic heterocycles. The first-order chi connectivity index (χ1) is 7.58. The largest absolute Gasteiger partial charge is 0.309 e. The maximum absolute atomic E-state index is 13.3. The summed E-state index contributed by atoms with van der Waals surface area (Å²) in [4.78, 5) is 2.00. The number of nitrogens with zero attached hydrogens (tertiary/aromatic N) is 2. The lowest BCUT2D eigenvalue weighted by Crippen LogP contribution is -2.15. The minimum atomic E-state index is -0.623. The van der Waals surface area contributed by atoms with Gasteiger partial charge in [0.1, 0.15) is 11.3 Å². The first-order valence-corrected chi connectivity index (χ1v) is 5.04. The lowest BCUT2D eigenvalue weighted by molar-refractivity contribution is 0.412. The zero-order valence-electron chi connectivity index (χ0n) is 9.22. The number of halogens is 2. The molecule has 5 heteroatoms. The summed E-state index contributed by atoms with van der Waals surface area (Å²) in [5.41, 5.74) is 0.970. The first kappa shape index (κ1) is 11.0. The first-order valence-electron chi connectivity index (χ1n) is 5.04. The molecule has 0 aliphatic rings. The van der Waals surface area contributed by atoms with Crippen molar-refractivity contribution in [3.63, 3.8) is 0 Å². The Morgan fingerprint density at radius 3 is 2.75 bits per heavy atom. The van der Waals surface area contributed by atoms with E-state index in [1.165, 1.54) is 6.07 Å². The zero-order chi connectivity index (χ0) is 11.7. The number of hydrogen-bond acceptors (Lipinski definition) is 2. The van der Waals surface area contributed by atoms with Gasteiger partial charge >= 0.3 is 0 Å². The van der Waals surface area contributed by atoms with E-state index in [-0.39, 0.29) is 5.52 Å². The topological polar surface area (TPSA) is 31.9 Å². The van der Waals surface area contributed by atoms with Gasteiger partial charge in [-0.15, -0.1) is 0 Å². The molecule has 0 aliphatic carbocycles. The van der Waals surface area contributed by atoms with Crippen molar-refractivity contribution in [2.45, 2.75) is 6.42 Å². The van der Waals surface area contributed by atoms with Crippen LogP contribution in [0, 0.1) is 11.6 Å². The maximum atomic E-state index is 13.3.